The first-order valence-electron chi connectivity index (χ1n) is 14.6. The van der Waals surface area contributed by atoms with Crippen molar-refractivity contribution >= 4 is 40.3 Å². The number of furan rings is 1. The van der Waals surface area contributed by atoms with Gasteiger partial charge in [0.2, 0.25) is 11.8 Å². The molecule has 0 aliphatic heterocycles. The maximum Gasteiger partial charge on any atom is 0.330 e. The summed E-state index contributed by atoms with van der Waals surface area (Å²) in [5.41, 5.74) is 0.612. The summed E-state index contributed by atoms with van der Waals surface area (Å²) in [4.78, 5) is 64.0. The zero-order valence-corrected chi connectivity index (χ0v) is 24.3. The van der Waals surface area contributed by atoms with Gasteiger partial charge >= 0.3 is 5.97 Å². The number of benzene rings is 1. The number of nitrogens with one attached hydrogen (secondary N) is 3. The van der Waals surface area contributed by atoms with Crippen molar-refractivity contribution in [3.05, 3.63) is 76.4 Å². The fourth-order valence-corrected chi connectivity index (χ4v) is 6.20. The van der Waals surface area contributed by atoms with Crippen LogP contribution in [0.5, 0.6) is 0 Å². The molecule has 1 aromatic carbocycles. The maximum absolute atomic E-state index is 13.4. The number of carbonyl (C=O) groups is 4. The highest BCUT2D eigenvalue weighted by Crippen LogP contribution is 2.44. The predicted molar refractivity (Wildman–Crippen MR) is 159 cm³/mol. The molecule has 3 N–H and O–H groups in total. The lowest BCUT2D eigenvalue weighted by molar-refractivity contribution is -0.134. The van der Waals surface area contributed by atoms with Crippen LogP contribution < -0.4 is 21.5 Å². The fraction of sp³-hybridized carbons (Fsp3) is 0.406. The number of pyridine rings is 1. The standard InChI is InChI=1S/C32H36N4O7/c1-19-22-8-3-5-11-26(22)43-29(19)31(40)34-23(9-4-6-12-28(38)42-2)30(39)35-24-10-7-15-36(32(24)41)18-27(37)33-25-17-20-13-14-21(25)16-20/h3,5-8,10-12,15,20-21,23,25H,4,9,13-14,16-18H2,1-2H3,(H,33,37)(H,34,40)(H,35,39)/b12-6+/t20-,21+,23-,25+/m0/s1. The largest absolute Gasteiger partial charge is 0.466 e. The maximum atomic E-state index is 13.4. The van der Waals surface area contributed by atoms with E-state index in [0.29, 0.717) is 23.0 Å². The van der Waals surface area contributed by atoms with E-state index in [1.165, 1.54) is 42.5 Å². The third kappa shape index (κ3) is 6.87. The molecular formula is C32H36N4O7. The molecule has 5 rings (SSSR count). The number of carbonyl (C=O) groups excluding carboxylic acids is 4. The number of hydrogen-bond donors (Lipinski definition) is 3. The number of allylic oxidation sites excluding steroid dienone is 1. The van der Waals surface area contributed by atoms with Gasteiger partial charge in [-0.15, -0.1) is 0 Å². The van der Waals surface area contributed by atoms with Crippen molar-refractivity contribution in [2.45, 2.75) is 64.1 Å². The number of aryl methyl sites for hydroxylation is 1. The minimum atomic E-state index is -1.07. The van der Waals surface area contributed by atoms with Gasteiger partial charge in [-0.25, -0.2) is 4.79 Å². The van der Waals surface area contributed by atoms with Crippen LogP contribution in [0.4, 0.5) is 5.69 Å². The van der Waals surface area contributed by atoms with Crippen LogP contribution in [0.1, 0.15) is 54.6 Å². The van der Waals surface area contributed by atoms with Gasteiger partial charge in [-0.1, -0.05) is 30.7 Å². The second kappa shape index (κ2) is 13.1. The molecule has 226 valence electrons. The summed E-state index contributed by atoms with van der Waals surface area (Å²) in [6, 6.07) is 9.33. The van der Waals surface area contributed by atoms with Crippen LogP contribution in [-0.2, 0) is 25.7 Å². The summed E-state index contributed by atoms with van der Waals surface area (Å²) in [7, 11) is 1.26. The molecule has 2 aliphatic carbocycles. The number of amides is 3. The van der Waals surface area contributed by atoms with E-state index in [0.717, 1.165) is 24.6 Å². The normalized spacial score (nSPS) is 19.8. The van der Waals surface area contributed by atoms with Gasteiger partial charge in [0.25, 0.3) is 11.5 Å². The smallest absolute Gasteiger partial charge is 0.330 e. The van der Waals surface area contributed by atoms with Crippen molar-refractivity contribution in [1.29, 1.82) is 0 Å². The Morgan fingerprint density at radius 3 is 2.65 bits per heavy atom. The Bertz CT molecular complexity index is 1620. The van der Waals surface area contributed by atoms with Crippen LogP contribution in [0.25, 0.3) is 11.0 Å². The molecule has 2 aromatic heterocycles. The van der Waals surface area contributed by atoms with Crippen molar-refractivity contribution in [1.82, 2.24) is 15.2 Å². The predicted octanol–water partition coefficient (Wildman–Crippen LogP) is 3.45. The van der Waals surface area contributed by atoms with Crippen LogP contribution in [0, 0.1) is 18.8 Å². The van der Waals surface area contributed by atoms with Crippen LogP contribution in [0.2, 0.25) is 0 Å². The van der Waals surface area contributed by atoms with Gasteiger partial charge in [-0.05, 0) is 69.1 Å². The average Bonchev–Trinajstić information content (AvgIpc) is 3.71. The van der Waals surface area contributed by atoms with E-state index in [1.54, 1.807) is 25.1 Å². The van der Waals surface area contributed by atoms with E-state index in [9.17, 15) is 24.0 Å². The van der Waals surface area contributed by atoms with Crippen molar-refractivity contribution in [3.8, 4) is 0 Å². The quantitative estimate of drug-likeness (QED) is 0.229. The summed E-state index contributed by atoms with van der Waals surface area (Å²) in [5.74, 6) is -0.744. The molecule has 0 saturated heterocycles. The van der Waals surface area contributed by atoms with E-state index in [4.69, 9.17) is 4.42 Å². The number of esters is 1. The highest BCUT2D eigenvalue weighted by Gasteiger charge is 2.40. The average molecular weight is 589 g/mol. The Kier molecular flexibility index (Phi) is 9.08. The second-order valence-electron chi connectivity index (χ2n) is 11.3. The third-order valence-electron chi connectivity index (χ3n) is 8.43. The molecule has 2 saturated carbocycles. The van der Waals surface area contributed by atoms with E-state index in [1.807, 2.05) is 12.1 Å². The molecule has 11 nitrogen and oxygen atoms in total. The molecular weight excluding hydrogens is 552 g/mol. The summed E-state index contributed by atoms with van der Waals surface area (Å²) >= 11 is 0. The lowest BCUT2D eigenvalue weighted by atomic mass is 9.95. The Morgan fingerprint density at radius 1 is 1.12 bits per heavy atom. The van der Waals surface area contributed by atoms with Crippen molar-refractivity contribution < 1.29 is 28.3 Å². The zero-order valence-electron chi connectivity index (χ0n) is 24.3. The molecule has 2 fully saturated rings. The van der Waals surface area contributed by atoms with Gasteiger partial charge in [-0.2, -0.15) is 0 Å². The van der Waals surface area contributed by atoms with Gasteiger partial charge in [0.15, 0.2) is 5.76 Å². The SMILES string of the molecule is COC(=O)/C=C/CC[C@H](NC(=O)c1oc2ccccc2c1C)C(=O)Nc1cccn(CC(=O)N[C@@H]2C[C@H]3CC[C@@H]2C3)c1=O. The fourth-order valence-electron chi connectivity index (χ4n) is 6.20. The molecule has 11 heteroatoms. The van der Waals surface area contributed by atoms with Crippen LogP contribution >= 0.6 is 0 Å². The molecule has 4 atom stereocenters. The molecule has 0 radical (unpaired) electrons. The molecule has 2 aliphatic rings. The highest BCUT2D eigenvalue weighted by atomic mass is 16.5. The van der Waals surface area contributed by atoms with Gasteiger partial charge in [0, 0.05) is 29.3 Å². The molecule has 3 amide bonds. The van der Waals surface area contributed by atoms with Gasteiger partial charge < -0.3 is 29.7 Å². The lowest BCUT2D eigenvalue weighted by Gasteiger charge is -2.23. The topological polar surface area (TPSA) is 149 Å². The molecule has 0 unspecified atom stereocenters. The monoisotopic (exact) mass is 588 g/mol. The lowest BCUT2D eigenvalue weighted by Crippen LogP contribution is -2.45. The minimum Gasteiger partial charge on any atom is -0.466 e. The number of rotatable bonds is 11. The number of para-hydroxylation sites is 1. The first-order chi connectivity index (χ1) is 20.7. The summed E-state index contributed by atoms with van der Waals surface area (Å²) in [6.45, 7) is 1.59. The van der Waals surface area contributed by atoms with Crippen LogP contribution in [0.15, 0.2) is 64.0 Å². The molecule has 2 heterocycles. The van der Waals surface area contributed by atoms with Crippen molar-refractivity contribution in [2.75, 3.05) is 12.4 Å². The van der Waals surface area contributed by atoms with Crippen molar-refractivity contribution in [2.24, 2.45) is 11.8 Å². The third-order valence-corrected chi connectivity index (χ3v) is 8.43. The summed E-state index contributed by atoms with van der Waals surface area (Å²) in [6.07, 6.45) is 9.14. The number of nitrogens with zero attached hydrogens (tertiary/aromatic N) is 1. The van der Waals surface area contributed by atoms with E-state index in [2.05, 4.69) is 20.7 Å². The van der Waals surface area contributed by atoms with Gasteiger partial charge in [-0.3, -0.25) is 19.2 Å². The van der Waals surface area contributed by atoms with Crippen molar-refractivity contribution in [3.63, 3.8) is 0 Å². The molecule has 0 spiro atoms. The summed E-state index contributed by atoms with van der Waals surface area (Å²) < 4.78 is 11.6. The number of hydrogen-bond acceptors (Lipinski definition) is 7. The number of ether oxygens (including phenoxy) is 1. The number of aromatic nitrogens is 1. The Labute approximate surface area is 248 Å². The number of anilines is 1. The minimum absolute atomic E-state index is 0.0236. The van der Waals surface area contributed by atoms with E-state index >= 15 is 0 Å². The number of fused-ring (bicyclic) bond motifs is 3. The number of methoxy groups -OCH3 is 1. The van der Waals surface area contributed by atoms with Crippen LogP contribution in [-0.4, -0.2) is 47.5 Å². The van der Waals surface area contributed by atoms with Gasteiger partial charge in [0.05, 0.1) is 7.11 Å². The second-order valence-corrected chi connectivity index (χ2v) is 11.3. The Hall–Kier alpha value is -4.67. The van der Waals surface area contributed by atoms with E-state index < -0.39 is 29.4 Å². The molecule has 43 heavy (non-hydrogen) atoms. The zero-order chi connectivity index (χ0) is 30.5. The Morgan fingerprint density at radius 2 is 1.93 bits per heavy atom. The molecule has 2 bridgehead atoms. The first-order valence-corrected chi connectivity index (χ1v) is 14.6. The highest BCUT2D eigenvalue weighted by molar-refractivity contribution is 6.03. The first kappa shape index (κ1) is 29.8. The Balaban J connectivity index is 1.28. The summed E-state index contributed by atoms with van der Waals surface area (Å²) in [5, 5.41) is 9.18. The van der Waals surface area contributed by atoms with Gasteiger partial charge in [0.1, 0.15) is 23.9 Å². The molecule has 3 aromatic rings. The van der Waals surface area contributed by atoms with Crippen LogP contribution in [0.3, 0.4) is 0 Å². The van der Waals surface area contributed by atoms with E-state index in [-0.39, 0.29) is 42.8 Å².